The number of anilines is 1. The summed E-state index contributed by atoms with van der Waals surface area (Å²) >= 11 is 1.16. The van der Waals surface area contributed by atoms with Crippen LogP contribution in [0.2, 0.25) is 0 Å². The predicted octanol–water partition coefficient (Wildman–Crippen LogP) is 3.19. The van der Waals surface area contributed by atoms with E-state index < -0.39 is 0 Å². The number of fused-ring (bicyclic) bond motifs is 1. The molecule has 4 N–H and O–H groups in total. The van der Waals surface area contributed by atoms with Crippen LogP contribution in [0.25, 0.3) is 0 Å². The highest BCUT2D eigenvalue weighted by Crippen LogP contribution is 2.29. The fourth-order valence-corrected chi connectivity index (χ4v) is 2.94. The quantitative estimate of drug-likeness (QED) is 0.847. The van der Waals surface area contributed by atoms with E-state index in [-0.39, 0.29) is 5.91 Å². The first-order chi connectivity index (χ1) is 11.1. The number of nitrogens with zero attached hydrogens (tertiary/aromatic N) is 1. The molecule has 0 fully saturated rings. The Labute approximate surface area is 140 Å². The summed E-state index contributed by atoms with van der Waals surface area (Å²) in [6.45, 7) is 2.52. The fourth-order valence-electron chi connectivity index (χ4n) is 2.72. The molecule has 5 heteroatoms. The van der Waals surface area contributed by atoms with Crippen LogP contribution in [0.3, 0.4) is 0 Å². The average Bonchev–Trinajstić information content (AvgIpc) is 2.91. The lowest BCUT2D eigenvalue weighted by atomic mass is 10.1. The molecule has 2 aromatic rings. The number of carbonyl (C=O) groups is 1. The topological polar surface area (TPSA) is 72.3 Å². The molecule has 0 radical (unpaired) electrons. The molecule has 0 unspecified atom stereocenters. The Balaban J connectivity index is 1.86. The van der Waals surface area contributed by atoms with E-state index in [1.165, 1.54) is 0 Å². The number of hydrogen-bond acceptors (Lipinski definition) is 4. The van der Waals surface area contributed by atoms with Crippen LogP contribution in [0.1, 0.15) is 28.4 Å². The molecule has 4 nitrogen and oxygen atoms in total. The lowest BCUT2D eigenvalue weighted by Crippen LogP contribution is -2.23. The third-order valence-corrected chi connectivity index (χ3v) is 4.68. The summed E-state index contributed by atoms with van der Waals surface area (Å²) in [6.07, 6.45) is 0.624. The first kappa shape index (κ1) is 15.6. The minimum Gasteiger partial charge on any atom is -0.401 e. The molecular weight excluding hydrogens is 306 g/mol. The number of carbonyl (C=O) groups excluding carboxylic acids is 1. The summed E-state index contributed by atoms with van der Waals surface area (Å²) in [5, 5.41) is 5.55. The normalized spacial score (nSPS) is 14.7. The largest absolute Gasteiger partial charge is 0.401 e. The van der Waals surface area contributed by atoms with Crippen molar-refractivity contribution in [1.82, 2.24) is 0 Å². The van der Waals surface area contributed by atoms with Crippen LogP contribution in [0.4, 0.5) is 5.69 Å². The first-order valence-electron chi connectivity index (χ1n) is 7.41. The molecule has 0 atom stereocenters. The zero-order valence-corrected chi connectivity index (χ0v) is 13.8. The van der Waals surface area contributed by atoms with Crippen molar-refractivity contribution >= 4 is 23.5 Å². The third-order valence-electron chi connectivity index (χ3n) is 4.07. The Bertz CT molecular complexity index is 785. The number of benzene rings is 2. The molecule has 1 heterocycles. The van der Waals surface area contributed by atoms with E-state index >= 15 is 0 Å². The van der Waals surface area contributed by atoms with Crippen molar-refractivity contribution in [3.8, 4) is 0 Å². The van der Waals surface area contributed by atoms with E-state index in [0.717, 1.165) is 44.9 Å². The second kappa shape index (κ2) is 6.48. The van der Waals surface area contributed by atoms with Gasteiger partial charge in [-0.25, -0.2) is 0 Å². The fraction of sp³-hybridized carbons (Fsp3) is 0.167. The highest BCUT2D eigenvalue weighted by Gasteiger charge is 2.27. The Kier molecular flexibility index (Phi) is 4.41. The number of rotatable bonds is 4. The molecule has 2 aromatic carbocycles. The summed E-state index contributed by atoms with van der Waals surface area (Å²) in [6, 6.07) is 15.7. The lowest BCUT2D eigenvalue weighted by molar-refractivity contribution is 0.0996. The van der Waals surface area contributed by atoms with Gasteiger partial charge >= 0.3 is 0 Å². The van der Waals surface area contributed by atoms with Crippen molar-refractivity contribution in [1.29, 1.82) is 0 Å². The summed E-state index contributed by atoms with van der Waals surface area (Å²) in [5.74, 6) is 0.0509. The van der Waals surface area contributed by atoms with Crippen LogP contribution in [-0.2, 0) is 13.0 Å². The SMILES string of the molecule is C/C(SN)=C(/N)Cc1cccc(N2Cc3ccccc3C2=O)c1. The van der Waals surface area contributed by atoms with Gasteiger partial charge in [0.25, 0.3) is 5.91 Å². The molecule has 23 heavy (non-hydrogen) atoms. The maximum absolute atomic E-state index is 12.6. The first-order valence-corrected chi connectivity index (χ1v) is 8.29. The molecule has 118 valence electrons. The van der Waals surface area contributed by atoms with E-state index in [0.29, 0.717) is 13.0 Å². The molecule has 0 aromatic heterocycles. The number of allylic oxidation sites excluding steroid dienone is 2. The molecule has 0 saturated heterocycles. The third kappa shape index (κ3) is 3.11. The van der Waals surface area contributed by atoms with Gasteiger partial charge in [-0.3, -0.25) is 9.93 Å². The Morgan fingerprint density at radius 2 is 2.00 bits per heavy atom. The Hall–Kier alpha value is -2.24. The van der Waals surface area contributed by atoms with Crippen molar-refractivity contribution in [3.63, 3.8) is 0 Å². The van der Waals surface area contributed by atoms with Crippen LogP contribution < -0.4 is 15.8 Å². The molecule has 0 saturated carbocycles. The monoisotopic (exact) mass is 325 g/mol. The van der Waals surface area contributed by atoms with Gasteiger partial charge in [0.05, 0.1) is 6.54 Å². The van der Waals surface area contributed by atoms with Gasteiger partial charge in [-0.2, -0.15) is 0 Å². The molecule has 1 aliphatic rings. The van der Waals surface area contributed by atoms with E-state index in [1.54, 1.807) is 4.90 Å². The van der Waals surface area contributed by atoms with E-state index in [9.17, 15) is 4.79 Å². The molecule has 3 rings (SSSR count). The van der Waals surface area contributed by atoms with Gasteiger partial charge in [0, 0.05) is 28.3 Å². The average molecular weight is 325 g/mol. The van der Waals surface area contributed by atoms with E-state index in [4.69, 9.17) is 10.9 Å². The van der Waals surface area contributed by atoms with Crippen LogP contribution in [0, 0.1) is 0 Å². The summed E-state index contributed by atoms with van der Waals surface area (Å²) in [4.78, 5) is 15.3. The molecule has 0 spiro atoms. The molecule has 0 bridgehead atoms. The van der Waals surface area contributed by atoms with Crippen LogP contribution in [0.15, 0.2) is 59.1 Å². The summed E-state index contributed by atoms with van der Waals surface area (Å²) < 4.78 is 0. The smallest absolute Gasteiger partial charge is 0.258 e. The number of amides is 1. The zero-order chi connectivity index (χ0) is 16.4. The van der Waals surface area contributed by atoms with Crippen molar-refractivity contribution in [3.05, 3.63) is 75.8 Å². The minimum atomic E-state index is 0.0509. The van der Waals surface area contributed by atoms with Gasteiger partial charge < -0.3 is 10.6 Å². The van der Waals surface area contributed by atoms with Crippen LogP contribution in [0.5, 0.6) is 0 Å². The van der Waals surface area contributed by atoms with E-state index in [1.807, 2.05) is 55.5 Å². The van der Waals surface area contributed by atoms with Gasteiger partial charge in [0.2, 0.25) is 0 Å². The second-order valence-electron chi connectivity index (χ2n) is 5.59. The summed E-state index contributed by atoms with van der Waals surface area (Å²) in [7, 11) is 0. The van der Waals surface area contributed by atoms with Gasteiger partial charge in [-0.05, 0) is 36.2 Å². The molecular formula is C18H19N3OS. The number of nitrogens with two attached hydrogens (primary N) is 2. The van der Waals surface area contributed by atoms with Gasteiger partial charge in [-0.15, -0.1) is 0 Å². The van der Waals surface area contributed by atoms with Crippen LogP contribution >= 0.6 is 11.9 Å². The lowest BCUT2D eigenvalue weighted by Gasteiger charge is -2.17. The van der Waals surface area contributed by atoms with Crippen molar-refractivity contribution in [2.45, 2.75) is 19.9 Å². The second-order valence-corrected chi connectivity index (χ2v) is 6.44. The van der Waals surface area contributed by atoms with Gasteiger partial charge in [0.15, 0.2) is 0 Å². The summed E-state index contributed by atoms with van der Waals surface area (Å²) in [5.41, 5.74) is 10.6. The molecule has 1 amide bonds. The Morgan fingerprint density at radius 1 is 1.22 bits per heavy atom. The van der Waals surface area contributed by atoms with E-state index in [2.05, 4.69) is 0 Å². The number of hydrogen-bond donors (Lipinski definition) is 2. The van der Waals surface area contributed by atoms with Gasteiger partial charge in [0.1, 0.15) is 0 Å². The predicted molar refractivity (Wildman–Crippen MR) is 95.8 cm³/mol. The Morgan fingerprint density at radius 3 is 2.74 bits per heavy atom. The highest BCUT2D eigenvalue weighted by molar-refractivity contribution is 8.00. The molecule has 0 aliphatic carbocycles. The maximum atomic E-state index is 12.6. The minimum absolute atomic E-state index is 0.0509. The van der Waals surface area contributed by atoms with Crippen molar-refractivity contribution in [2.75, 3.05) is 4.90 Å². The van der Waals surface area contributed by atoms with Crippen molar-refractivity contribution < 1.29 is 4.79 Å². The highest BCUT2D eigenvalue weighted by atomic mass is 32.2. The maximum Gasteiger partial charge on any atom is 0.258 e. The van der Waals surface area contributed by atoms with Crippen molar-refractivity contribution in [2.24, 2.45) is 10.9 Å². The van der Waals surface area contributed by atoms with Crippen LogP contribution in [-0.4, -0.2) is 5.91 Å². The standard InChI is InChI=1S/C18H19N3OS/c1-12(23-20)17(19)10-13-5-4-7-15(9-13)21-11-14-6-2-3-8-16(14)18(21)22/h2-9H,10-11,19-20H2,1H3/b17-12-. The zero-order valence-electron chi connectivity index (χ0n) is 13.0. The molecule has 1 aliphatic heterocycles. The van der Waals surface area contributed by atoms with Gasteiger partial charge in [-0.1, -0.05) is 42.3 Å².